The van der Waals surface area contributed by atoms with Gasteiger partial charge < -0.3 is 30.0 Å². The van der Waals surface area contributed by atoms with Crippen molar-refractivity contribution in [3.05, 3.63) is 0 Å². The Kier molecular flexibility index (Phi) is 2.76. The lowest BCUT2D eigenvalue weighted by atomic mass is 10.00. The first kappa shape index (κ1) is 9.56. The molecule has 5 atom stereocenters. The third-order valence-corrected chi connectivity index (χ3v) is 1.70. The lowest BCUT2D eigenvalue weighted by Gasteiger charge is -2.40. The minimum Gasteiger partial charge on any atom is -0.539 e. The van der Waals surface area contributed by atoms with Gasteiger partial charge in [0.05, 0.1) is 6.10 Å². The number of hydrogen-bond acceptors (Lipinski definition) is 6. The normalized spacial score (nSPS) is 48.8. The molecule has 6 nitrogen and oxygen atoms in total. The predicted molar refractivity (Wildman–Crippen MR) is 34.6 cm³/mol. The number of rotatable bonds is 1. The predicted octanol–water partition coefficient (Wildman–Crippen LogP) is -3.10. The maximum Gasteiger partial charge on any atom is 0.181 e. The molecule has 0 radical (unpaired) electrons. The van der Waals surface area contributed by atoms with E-state index in [0.717, 1.165) is 0 Å². The summed E-state index contributed by atoms with van der Waals surface area (Å²) in [6.45, 7) is 0. The van der Waals surface area contributed by atoms with E-state index in [1.54, 1.807) is 0 Å². The molecule has 0 amide bonds. The van der Waals surface area contributed by atoms with Crippen molar-refractivity contribution in [3.8, 4) is 0 Å². The summed E-state index contributed by atoms with van der Waals surface area (Å²) in [4.78, 5) is 10.1. The fourth-order valence-electron chi connectivity index (χ4n) is 0.958. The van der Waals surface area contributed by atoms with Gasteiger partial charge in [0.2, 0.25) is 0 Å². The van der Waals surface area contributed by atoms with E-state index in [1.807, 2.05) is 0 Å². The Labute approximate surface area is 68.0 Å². The van der Waals surface area contributed by atoms with Crippen molar-refractivity contribution in [1.82, 2.24) is 0 Å². The van der Waals surface area contributed by atoms with E-state index in [4.69, 9.17) is 20.4 Å². The molecule has 1 heterocycles. The first-order valence-electron chi connectivity index (χ1n) is 3.33. The number of hydrogen-bond donors (Lipinski definition) is 4. The van der Waals surface area contributed by atoms with Gasteiger partial charge in [-0.3, -0.25) is 0 Å². The highest BCUT2D eigenvalue weighted by Crippen LogP contribution is 2.18. The summed E-state index contributed by atoms with van der Waals surface area (Å²) in [5, 5.41) is 35.8. The molecular weight excluding hydrogens is 168 g/mol. The molecule has 1 saturated heterocycles. The van der Waals surface area contributed by atoms with Crippen LogP contribution in [0, 0.1) is 0 Å². The number of carbonyl (C=O) groups excluding carboxylic acids is 1. The Bertz CT molecular complexity index is 171. The van der Waals surface area contributed by atoms with Gasteiger partial charge in [-0.1, -0.05) is 0 Å². The van der Waals surface area contributed by atoms with Crippen molar-refractivity contribution in [3.63, 3.8) is 0 Å². The van der Waals surface area contributed by atoms with Gasteiger partial charge in [-0.2, -0.15) is 0 Å². The zero-order chi connectivity index (χ0) is 9.30. The molecule has 4 N–H and O–H groups in total. The van der Waals surface area contributed by atoms with E-state index in [-0.39, 0.29) is 0 Å². The van der Waals surface area contributed by atoms with E-state index in [0.29, 0.717) is 0 Å². The lowest BCUT2D eigenvalue weighted by molar-refractivity contribution is -0.266. The summed E-state index contributed by atoms with van der Waals surface area (Å²) in [7, 11) is 0. The molecule has 6 heteroatoms. The van der Waals surface area contributed by atoms with Crippen molar-refractivity contribution in [2.45, 2.75) is 30.7 Å². The summed E-state index contributed by atoms with van der Waals surface area (Å²) in [5.74, 6) is 0. The molecule has 2 unspecified atom stereocenters. The van der Waals surface area contributed by atoms with Gasteiger partial charge in [0.25, 0.3) is 0 Å². The topological polar surface area (TPSA) is 107 Å². The van der Waals surface area contributed by atoms with Gasteiger partial charge in [-0.05, 0) is 6.10 Å². The van der Waals surface area contributed by atoms with Gasteiger partial charge in [-0.15, -0.1) is 0 Å². The zero-order valence-electron chi connectivity index (χ0n) is 5.99. The Hall–Kier alpha value is -0.530. The molecule has 0 spiro atoms. The number of aliphatic hydroxyl groups excluding tert-OH is 4. The third-order valence-electron chi connectivity index (χ3n) is 1.70. The second kappa shape index (κ2) is 3.46. The molecule has 1 aliphatic heterocycles. The van der Waals surface area contributed by atoms with Crippen LogP contribution in [0.15, 0.2) is 0 Å². The van der Waals surface area contributed by atoms with E-state index < -0.39 is 30.7 Å². The third kappa shape index (κ3) is 1.47. The van der Waals surface area contributed by atoms with Crippen molar-refractivity contribution < 1.29 is 30.0 Å². The standard InChI is InChI=1S/C6H9O6/c7-1-2-3(8)4(9)5(10)6(11)12-2/h2-6,8-11H/q-1/t2?,3-,4-,5?,6-/m1/s1. The fourth-order valence-corrected chi connectivity index (χ4v) is 0.958. The highest BCUT2D eigenvalue weighted by Gasteiger charge is 2.38. The van der Waals surface area contributed by atoms with Gasteiger partial charge >= 0.3 is 0 Å². The van der Waals surface area contributed by atoms with Crippen molar-refractivity contribution in [2.75, 3.05) is 0 Å². The fraction of sp³-hybridized carbons (Fsp3) is 0.833. The highest BCUT2D eigenvalue weighted by molar-refractivity contribution is 5.58. The molecule has 0 aromatic carbocycles. The number of aliphatic hydroxyl groups is 4. The maximum atomic E-state index is 10.1. The van der Waals surface area contributed by atoms with Crippen LogP contribution in [0.5, 0.6) is 0 Å². The molecule has 70 valence electrons. The summed E-state index contributed by atoms with van der Waals surface area (Å²) in [6.07, 6.45) is -6.57. The molecule has 1 rings (SSSR count). The van der Waals surface area contributed by atoms with Crippen LogP contribution in [0.1, 0.15) is 0 Å². The number of ether oxygens (including phenoxy) is 1. The average molecular weight is 177 g/mol. The smallest absolute Gasteiger partial charge is 0.181 e. The van der Waals surface area contributed by atoms with Gasteiger partial charge in [0, 0.05) is 0 Å². The molecular formula is C6H9O6-. The molecule has 1 aliphatic rings. The van der Waals surface area contributed by atoms with Gasteiger partial charge in [0.15, 0.2) is 6.29 Å². The molecule has 1 fully saturated rings. The van der Waals surface area contributed by atoms with Crippen molar-refractivity contribution in [2.24, 2.45) is 0 Å². The molecule has 0 aromatic heterocycles. The van der Waals surface area contributed by atoms with Crippen LogP contribution in [0.2, 0.25) is 0 Å². The molecule has 0 saturated carbocycles. The van der Waals surface area contributed by atoms with E-state index in [9.17, 15) is 4.79 Å². The van der Waals surface area contributed by atoms with Crippen LogP contribution < -0.4 is 0 Å². The first-order chi connectivity index (χ1) is 5.57. The molecule has 0 aliphatic carbocycles. The van der Waals surface area contributed by atoms with Crippen LogP contribution in [0.3, 0.4) is 0 Å². The average Bonchev–Trinajstić information content (AvgIpc) is 2.08. The van der Waals surface area contributed by atoms with Crippen molar-refractivity contribution in [1.29, 1.82) is 0 Å². The zero-order valence-corrected chi connectivity index (χ0v) is 5.99. The molecule has 0 aromatic rings. The largest absolute Gasteiger partial charge is 0.539 e. The Morgan fingerprint density at radius 1 is 1.00 bits per heavy atom. The van der Waals surface area contributed by atoms with Crippen molar-refractivity contribution >= 4 is 6.29 Å². The molecule has 12 heavy (non-hydrogen) atoms. The van der Waals surface area contributed by atoms with E-state index in [2.05, 4.69) is 4.74 Å². The second-order valence-corrected chi connectivity index (χ2v) is 2.54. The van der Waals surface area contributed by atoms with Crippen LogP contribution in [-0.2, 0) is 9.53 Å². The minimum atomic E-state index is -1.67. The maximum absolute atomic E-state index is 10.1. The summed E-state index contributed by atoms with van der Waals surface area (Å²) < 4.78 is 4.40. The van der Waals surface area contributed by atoms with Crippen LogP contribution >= 0.6 is 0 Å². The summed E-state index contributed by atoms with van der Waals surface area (Å²) in [5.41, 5.74) is 0. The lowest BCUT2D eigenvalue weighted by Crippen LogP contribution is -2.57. The highest BCUT2D eigenvalue weighted by atomic mass is 16.6. The SMILES string of the molecule is O=[C-]C1O[C@@H](O)C(O)[C@H](O)[C@@H]1O. The Morgan fingerprint density at radius 2 is 1.58 bits per heavy atom. The Morgan fingerprint density at radius 3 is 2.08 bits per heavy atom. The van der Waals surface area contributed by atoms with Gasteiger partial charge in [0.1, 0.15) is 12.2 Å². The summed E-state index contributed by atoms with van der Waals surface area (Å²) >= 11 is 0. The van der Waals surface area contributed by atoms with Crippen LogP contribution in [0.4, 0.5) is 0 Å². The second-order valence-electron chi connectivity index (χ2n) is 2.54. The quantitative estimate of drug-likeness (QED) is 0.316. The van der Waals surface area contributed by atoms with E-state index >= 15 is 0 Å². The Balaban J connectivity index is 2.70. The minimum absolute atomic E-state index is 1.28. The van der Waals surface area contributed by atoms with Crippen LogP contribution in [-0.4, -0.2) is 57.4 Å². The van der Waals surface area contributed by atoms with Gasteiger partial charge in [-0.25, -0.2) is 6.29 Å². The first-order valence-corrected chi connectivity index (χ1v) is 3.33. The monoisotopic (exact) mass is 177 g/mol. The summed E-state index contributed by atoms with van der Waals surface area (Å²) in [6, 6.07) is 0. The van der Waals surface area contributed by atoms with Crippen LogP contribution in [0.25, 0.3) is 0 Å². The molecule has 0 bridgehead atoms. The van der Waals surface area contributed by atoms with E-state index in [1.165, 1.54) is 6.29 Å².